The minimum atomic E-state index is -3.10. The molecule has 0 bridgehead atoms. The molecule has 16 heavy (non-hydrogen) atoms. The summed E-state index contributed by atoms with van der Waals surface area (Å²) in [4.78, 5) is 0. The molecule has 0 spiro atoms. The van der Waals surface area contributed by atoms with Crippen LogP contribution in [0.2, 0.25) is 0 Å². The summed E-state index contributed by atoms with van der Waals surface area (Å²) >= 11 is 0. The summed E-state index contributed by atoms with van der Waals surface area (Å²) in [5.74, 6) is -0.417. The fraction of sp³-hybridized carbons (Fsp3) is 0.455. The molecule has 0 radical (unpaired) electrons. The van der Waals surface area contributed by atoms with Gasteiger partial charge in [-0.05, 0) is 18.9 Å². The average molecular weight is 244 g/mol. The van der Waals surface area contributed by atoms with Crippen LogP contribution in [0.1, 0.15) is 18.4 Å². The Morgan fingerprint density at radius 1 is 1.19 bits per heavy atom. The van der Waals surface area contributed by atoms with Crippen molar-refractivity contribution < 1.29 is 17.9 Å². The summed E-state index contributed by atoms with van der Waals surface area (Å²) < 4.78 is 36.9. The molecule has 1 aromatic rings. The summed E-state index contributed by atoms with van der Waals surface area (Å²) in [5, 5.41) is 9.57. The van der Waals surface area contributed by atoms with E-state index in [2.05, 4.69) is 0 Å². The van der Waals surface area contributed by atoms with E-state index in [4.69, 9.17) is 0 Å². The molecule has 1 saturated heterocycles. The Balaban J connectivity index is 2.32. The van der Waals surface area contributed by atoms with E-state index in [1.165, 1.54) is 12.1 Å². The Hall–Kier alpha value is -1.10. The predicted octanol–water partition coefficient (Wildman–Crippen LogP) is 1.77. The normalized spacial score (nSPS) is 22.8. The van der Waals surface area contributed by atoms with Gasteiger partial charge in [0.25, 0.3) is 0 Å². The molecule has 3 nitrogen and oxygen atoms in total. The van der Waals surface area contributed by atoms with E-state index in [1.54, 1.807) is 12.1 Å². The van der Waals surface area contributed by atoms with Crippen molar-refractivity contribution in [2.75, 3.05) is 11.5 Å². The number of aromatic hydroxyl groups is 1. The zero-order valence-corrected chi connectivity index (χ0v) is 9.50. The zero-order chi connectivity index (χ0) is 11.8. The third-order valence-electron chi connectivity index (χ3n) is 3.01. The van der Waals surface area contributed by atoms with E-state index in [0.717, 1.165) is 0 Å². The van der Waals surface area contributed by atoms with Crippen LogP contribution < -0.4 is 0 Å². The molecule has 1 aromatic carbocycles. The van der Waals surface area contributed by atoms with Crippen molar-refractivity contribution in [2.24, 2.45) is 0 Å². The molecular formula is C11H13FO3S. The number of para-hydroxylation sites is 1. The van der Waals surface area contributed by atoms with Gasteiger partial charge in [-0.1, -0.05) is 18.2 Å². The van der Waals surface area contributed by atoms with E-state index >= 15 is 0 Å². The standard InChI is InChI=1S/C11H13FO3S/c12-11(5-7-16(14,15)8-6-11)9-3-1-2-4-10(9)13/h1-4,13H,5-8H2. The quantitative estimate of drug-likeness (QED) is 0.819. The molecule has 1 aliphatic rings. The van der Waals surface area contributed by atoms with Gasteiger partial charge in [-0.15, -0.1) is 0 Å². The Labute approximate surface area is 93.8 Å². The fourth-order valence-electron chi connectivity index (χ4n) is 1.98. The van der Waals surface area contributed by atoms with Crippen molar-refractivity contribution in [3.63, 3.8) is 0 Å². The first-order chi connectivity index (χ1) is 7.43. The van der Waals surface area contributed by atoms with E-state index in [1.807, 2.05) is 0 Å². The van der Waals surface area contributed by atoms with Gasteiger partial charge in [0.15, 0.2) is 9.84 Å². The predicted molar refractivity (Wildman–Crippen MR) is 58.8 cm³/mol. The molecule has 1 heterocycles. The van der Waals surface area contributed by atoms with E-state index in [-0.39, 0.29) is 35.7 Å². The van der Waals surface area contributed by atoms with Crippen LogP contribution in [0.25, 0.3) is 0 Å². The van der Waals surface area contributed by atoms with Crippen LogP contribution in [0.5, 0.6) is 5.75 Å². The number of rotatable bonds is 1. The second kappa shape index (κ2) is 3.73. The molecule has 1 aliphatic heterocycles. The second-order valence-electron chi connectivity index (χ2n) is 4.13. The summed E-state index contributed by atoms with van der Waals surface area (Å²) in [5.41, 5.74) is -1.51. The maximum Gasteiger partial charge on any atom is 0.150 e. The Kier molecular flexibility index (Phi) is 2.66. The highest BCUT2D eigenvalue weighted by Crippen LogP contribution is 2.41. The number of hydrogen-bond acceptors (Lipinski definition) is 3. The molecule has 5 heteroatoms. The number of phenolic OH excluding ortho intramolecular Hbond substituents is 1. The lowest BCUT2D eigenvalue weighted by atomic mass is 9.89. The molecule has 1 N–H and O–H groups in total. The Morgan fingerprint density at radius 2 is 1.75 bits per heavy atom. The molecule has 0 aromatic heterocycles. The van der Waals surface area contributed by atoms with Crippen molar-refractivity contribution in [1.29, 1.82) is 0 Å². The second-order valence-corrected chi connectivity index (χ2v) is 6.44. The van der Waals surface area contributed by atoms with Crippen molar-refractivity contribution >= 4 is 9.84 Å². The number of sulfone groups is 1. The van der Waals surface area contributed by atoms with Gasteiger partial charge >= 0.3 is 0 Å². The van der Waals surface area contributed by atoms with Gasteiger partial charge in [0.1, 0.15) is 11.4 Å². The van der Waals surface area contributed by atoms with Gasteiger partial charge in [0.05, 0.1) is 11.5 Å². The molecule has 2 rings (SSSR count). The Morgan fingerprint density at radius 3 is 2.31 bits per heavy atom. The molecule has 1 fully saturated rings. The summed E-state index contributed by atoms with van der Waals surface area (Å²) in [6.07, 6.45) is -0.153. The third kappa shape index (κ3) is 2.04. The summed E-state index contributed by atoms with van der Waals surface area (Å²) in [6, 6.07) is 6.17. The van der Waals surface area contributed by atoms with Crippen LogP contribution >= 0.6 is 0 Å². The zero-order valence-electron chi connectivity index (χ0n) is 8.69. The van der Waals surface area contributed by atoms with Gasteiger partial charge in [0, 0.05) is 5.56 Å². The van der Waals surface area contributed by atoms with Crippen LogP contribution in [0, 0.1) is 0 Å². The number of halogens is 1. The van der Waals surface area contributed by atoms with Gasteiger partial charge in [-0.25, -0.2) is 12.8 Å². The molecule has 0 unspecified atom stereocenters. The maximum absolute atomic E-state index is 14.5. The first-order valence-electron chi connectivity index (χ1n) is 5.11. The molecular weight excluding hydrogens is 231 g/mol. The van der Waals surface area contributed by atoms with Gasteiger partial charge in [-0.2, -0.15) is 0 Å². The van der Waals surface area contributed by atoms with Crippen molar-refractivity contribution in [2.45, 2.75) is 18.5 Å². The average Bonchev–Trinajstić information content (AvgIpc) is 2.24. The SMILES string of the molecule is O=S1(=O)CCC(F)(c2ccccc2O)CC1. The van der Waals surface area contributed by atoms with Crippen LogP contribution in [-0.2, 0) is 15.5 Å². The van der Waals surface area contributed by atoms with Crippen LogP contribution in [0.15, 0.2) is 24.3 Å². The minimum Gasteiger partial charge on any atom is -0.508 e. The topological polar surface area (TPSA) is 54.4 Å². The highest BCUT2D eigenvalue weighted by atomic mass is 32.2. The number of benzene rings is 1. The monoisotopic (exact) mass is 244 g/mol. The lowest BCUT2D eigenvalue weighted by Gasteiger charge is -2.30. The molecule has 0 aliphatic carbocycles. The first kappa shape index (κ1) is 11.4. The molecule has 0 amide bonds. The van der Waals surface area contributed by atoms with E-state index in [9.17, 15) is 17.9 Å². The van der Waals surface area contributed by atoms with Gasteiger partial charge in [0.2, 0.25) is 0 Å². The first-order valence-corrected chi connectivity index (χ1v) is 6.93. The molecule has 0 atom stereocenters. The Bertz CT molecular complexity index is 482. The molecule has 0 saturated carbocycles. The van der Waals surface area contributed by atoms with Gasteiger partial charge < -0.3 is 5.11 Å². The van der Waals surface area contributed by atoms with E-state index in [0.29, 0.717) is 0 Å². The van der Waals surface area contributed by atoms with Crippen LogP contribution in [0.4, 0.5) is 4.39 Å². The van der Waals surface area contributed by atoms with Crippen molar-refractivity contribution in [3.8, 4) is 5.75 Å². The fourth-order valence-corrected chi connectivity index (χ4v) is 3.46. The summed E-state index contributed by atoms with van der Waals surface area (Å²) in [7, 11) is -3.10. The minimum absolute atomic E-state index is 0.0765. The van der Waals surface area contributed by atoms with Crippen molar-refractivity contribution in [1.82, 2.24) is 0 Å². The highest BCUT2D eigenvalue weighted by molar-refractivity contribution is 7.91. The number of phenols is 1. The van der Waals surface area contributed by atoms with Crippen LogP contribution in [0.3, 0.4) is 0 Å². The smallest absolute Gasteiger partial charge is 0.150 e. The molecule has 88 valence electrons. The maximum atomic E-state index is 14.5. The largest absolute Gasteiger partial charge is 0.508 e. The highest BCUT2D eigenvalue weighted by Gasteiger charge is 2.40. The lowest BCUT2D eigenvalue weighted by Crippen LogP contribution is -2.33. The number of alkyl halides is 1. The van der Waals surface area contributed by atoms with Crippen molar-refractivity contribution in [3.05, 3.63) is 29.8 Å². The summed E-state index contributed by atoms with van der Waals surface area (Å²) in [6.45, 7) is 0. The van der Waals surface area contributed by atoms with E-state index < -0.39 is 15.5 Å². The third-order valence-corrected chi connectivity index (χ3v) is 4.66. The van der Waals surface area contributed by atoms with Gasteiger partial charge in [-0.3, -0.25) is 0 Å². The lowest BCUT2D eigenvalue weighted by molar-refractivity contribution is 0.143. The number of hydrogen-bond donors (Lipinski definition) is 1. The van der Waals surface area contributed by atoms with Crippen LogP contribution in [-0.4, -0.2) is 25.0 Å².